The number of nitro groups is 1. The summed E-state index contributed by atoms with van der Waals surface area (Å²) in [6.07, 6.45) is 0. The number of rotatable bonds is 4. The highest BCUT2D eigenvalue weighted by Gasteiger charge is 2.41. The number of anilines is 1. The van der Waals surface area contributed by atoms with Gasteiger partial charge in [-0.05, 0) is 25.1 Å². The quantitative estimate of drug-likeness (QED) is 0.209. The fraction of sp³-hybridized carbons (Fsp3) is 0.0556. The summed E-state index contributed by atoms with van der Waals surface area (Å²) in [7, 11) is 0. The molecule has 3 rings (SSSR count). The molecule has 1 aliphatic heterocycles. The van der Waals surface area contributed by atoms with Crippen LogP contribution in [0.3, 0.4) is 0 Å². The molecule has 1 aliphatic rings. The van der Waals surface area contributed by atoms with Crippen LogP contribution < -0.4 is 9.64 Å². The molecule has 130 valence electrons. The highest BCUT2D eigenvalue weighted by atomic mass is 16.6. The standard InChI is InChI=1S/C18H12N2O6/c1-10(2)18(23)26-12-6-3-5-11(9-12)19-16(21)13-7-4-8-14(20(24)25)15(13)17(19)22/h3-9H,1H2,2H3. The molecule has 1 heterocycles. The van der Waals surface area contributed by atoms with Gasteiger partial charge in [0.2, 0.25) is 0 Å². The Bertz CT molecular complexity index is 995. The minimum atomic E-state index is -0.805. The number of nitro benzene ring substituents is 1. The van der Waals surface area contributed by atoms with E-state index in [0.717, 1.165) is 4.90 Å². The Morgan fingerprint density at radius 2 is 1.85 bits per heavy atom. The summed E-state index contributed by atoms with van der Waals surface area (Å²) in [6, 6.07) is 9.63. The van der Waals surface area contributed by atoms with Crippen LogP contribution in [-0.2, 0) is 4.79 Å². The summed E-state index contributed by atoms with van der Waals surface area (Å²) < 4.78 is 5.09. The number of ether oxygens (including phenoxy) is 1. The van der Waals surface area contributed by atoms with Crippen molar-refractivity contribution in [2.75, 3.05) is 4.90 Å². The Morgan fingerprint density at radius 1 is 1.15 bits per heavy atom. The number of hydrogen-bond donors (Lipinski definition) is 0. The lowest BCUT2D eigenvalue weighted by Crippen LogP contribution is -2.29. The van der Waals surface area contributed by atoms with Crippen molar-refractivity contribution in [2.24, 2.45) is 0 Å². The molecule has 0 unspecified atom stereocenters. The van der Waals surface area contributed by atoms with Gasteiger partial charge in [0.05, 0.1) is 16.2 Å². The Balaban J connectivity index is 2.01. The molecule has 26 heavy (non-hydrogen) atoms. The fourth-order valence-corrected chi connectivity index (χ4v) is 2.53. The van der Waals surface area contributed by atoms with Gasteiger partial charge in [0, 0.05) is 17.7 Å². The molecule has 0 N–H and O–H groups in total. The summed E-state index contributed by atoms with van der Waals surface area (Å²) in [5, 5.41) is 11.2. The number of nitrogens with zero attached hydrogens (tertiary/aromatic N) is 2. The fourth-order valence-electron chi connectivity index (χ4n) is 2.53. The molecule has 0 aliphatic carbocycles. The molecule has 8 heteroatoms. The predicted molar refractivity (Wildman–Crippen MR) is 91.1 cm³/mol. The second kappa shape index (κ2) is 6.25. The van der Waals surface area contributed by atoms with E-state index in [-0.39, 0.29) is 28.1 Å². The SMILES string of the molecule is C=C(C)C(=O)Oc1cccc(N2C(=O)c3cccc([N+](=O)[O-])c3C2=O)c1. The molecule has 0 atom stereocenters. The van der Waals surface area contributed by atoms with Crippen LogP contribution in [0.15, 0.2) is 54.6 Å². The first-order chi connectivity index (χ1) is 12.3. The lowest BCUT2D eigenvalue weighted by Gasteiger charge is -2.14. The van der Waals surface area contributed by atoms with Crippen molar-refractivity contribution < 1.29 is 24.0 Å². The van der Waals surface area contributed by atoms with E-state index in [1.165, 1.54) is 49.4 Å². The average molecular weight is 352 g/mol. The van der Waals surface area contributed by atoms with Crippen molar-refractivity contribution in [2.45, 2.75) is 6.92 Å². The second-order valence-electron chi connectivity index (χ2n) is 5.57. The van der Waals surface area contributed by atoms with Crippen LogP contribution >= 0.6 is 0 Å². The van der Waals surface area contributed by atoms with Crippen LogP contribution in [0.1, 0.15) is 27.6 Å². The molecule has 0 saturated heterocycles. The number of carbonyl (C=O) groups excluding carboxylic acids is 3. The van der Waals surface area contributed by atoms with Crippen molar-refractivity contribution in [1.82, 2.24) is 0 Å². The van der Waals surface area contributed by atoms with E-state index in [1.807, 2.05) is 0 Å². The minimum Gasteiger partial charge on any atom is -0.423 e. The van der Waals surface area contributed by atoms with E-state index in [4.69, 9.17) is 4.74 Å². The maximum atomic E-state index is 12.7. The van der Waals surface area contributed by atoms with Gasteiger partial charge in [-0.25, -0.2) is 9.69 Å². The molecule has 0 bridgehead atoms. The number of imide groups is 1. The normalized spacial score (nSPS) is 12.7. The van der Waals surface area contributed by atoms with Crippen LogP contribution in [0.25, 0.3) is 0 Å². The first-order valence-corrected chi connectivity index (χ1v) is 7.45. The predicted octanol–water partition coefficient (Wildman–Crippen LogP) is 2.88. The zero-order valence-corrected chi connectivity index (χ0v) is 13.6. The molecule has 0 spiro atoms. The number of carbonyl (C=O) groups is 3. The number of benzene rings is 2. The maximum absolute atomic E-state index is 12.7. The van der Waals surface area contributed by atoms with E-state index < -0.39 is 28.4 Å². The van der Waals surface area contributed by atoms with Gasteiger partial charge in [-0.3, -0.25) is 19.7 Å². The molecule has 0 saturated carbocycles. The Hall–Kier alpha value is -3.81. The van der Waals surface area contributed by atoms with Gasteiger partial charge < -0.3 is 4.74 Å². The van der Waals surface area contributed by atoms with E-state index in [2.05, 4.69) is 6.58 Å². The van der Waals surface area contributed by atoms with Gasteiger partial charge in [-0.15, -0.1) is 0 Å². The molecule has 2 amide bonds. The van der Waals surface area contributed by atoms with Crippen molar-refractivity contribution in [3.05, 3.63) is 75.9 Å². The van der Waals surface area contributed by atoms with E-state index in [1.54, 1.807) is 0 Å². The molecule has 0 fully saturated rings. The van der Waals surface area contributed by atoms with Crippen LogP contribution in [0.5, 0.6) is 5.75 Å². The lowest BCUT2D eigenvalue weighted by atomic mass is 10.1. The van der Waals surface area contributed by atoms with Crippen LogP contribution in [0.2, 0.25) is 0 Å². The lowest BCUT2D eigenvalue weighted by molar-refractivity contribution is -0.385. The molecule has 2 aromatic carbocycles. The first kappa shape index (κ1) is 17.0. The van der Waals surface area contributed by atoms with Gasteiger partial charge in [0.1, 0.15) is 11.3 Å². The third-order valence-corrected chi connectivity index (χ3v) is 3.72. The van der Waals surface area contributed by atoms with Gasteiger partial charge in [-0.2, -0.15) is 0 Å². The van der Waals surface area contributed by atoms with Crippen molar-refractivity contribution >= 4 is 29.2 Å². The third-order valence-electron chi connectivity index (χ3n) is 3.72. The molecule has 8 nitrogen and oxygen atoms in total. The maximum Gasteiger partial charge on any atom is 0.338 e. The summed E-state index contributed by atoms with van der Waals surface area (Å²) in [5.41, 5.74) is -0.419. The monoisotopic (exact) mass is 352 g/mol. The molecule has 2 aromatic rings. The van der Waals surface area contributed by atoms with E-state index >= 15 is 0 Å². The smallest absolute Gasteiger partial charge is 0.338 e. The highest BCUT2D eigenvalue weighted by Crippen LogP contribution is 2.34. The summed E-state index contributed by atoms with van der Waals surface area (Å²) in [6.45, 7) is 4.95. The Kier molecular flexibility index (Phi) is 4.09. The highest BCUT2D eigenvalue weighted by molar-refractivity contribution is 6.35. The molecule has 0 radical (unpaired) electrons. The second-order valence-corrected chi connectivity index (χ2v) is 5.57. The van der Waals surface area contributed by atoms with Crippen LogP contribution in [0, 0.1) is 10.1 Å². The molecular weight excluding hydrogens is 340 g/mol. The molecule has 0 aromatic heterocycles. The van der Waals surface area contributed by atoms with Crippen molar-refractivity contribution in [3.8, 4) is 5.75 Å². The third kappa shape index (κ3) is 2.73. The number of hydrogen-bond acceptors (Lipinski definition) is 6. The minimum absolute atomic E-state index is 0.0477. The van der Waals surface area contributed by atoms with Gasteiger partial charge in [0.15, 0.2) is 0 Å². The van der Waals surface area contributed by atoms with Gasteiger partial charge in [0.25, 0.3) is 17.5 Å². The summed E-state index contributed by atoms with van der Waals surface area (Å²) in [5.74, 6) is -2.03. The van der Waals surface area contributed by atoms with Crippen molar-refractivity contribution in [1.29, 1.82) is 0 Å². The van der Waals surface area contributed by atoms with Crippen LogP contribution in [0.4, 0.5) is 11.4 Å². The van der Waals surface area contributed by atoms with E-state index in [9.17, 15) is 24.5 Å². The molecular formula is C18H12N2O6. The van der Waals surface area contributed by atoms with Gasteiger partial charge in [-0.1, -0.05) is 18.7 Å². The average Bonchev–Trinajstić information content (AvgIpc) is 2.86. The zero-order valence-electron chi connectivity index (χ0n) is 13.6. The van der Waals surface area contributed by atoms with E-state index in [0.29, 0.717) is 0 Å². The number of amides is 2. The van der Waals surface area contributed by atoms with Crippen LogP contribution in [-0.4, -0.2) is 22.7 Å². The number of fused-ring (bicyclic) bond motifs is 1. The van der Waals surface area contributed by atoms with Gasteiger partial charge >= 0.3 is 5.97 Å². The Labute approximate surface area is 147 Å². The summed E-state index contributed by atoms with van der Waals surface area (Å²) >= 11 is 0. The Morgan fingerprint density at radius 3 is 2.50 bits per heavy atom. The topological polar surface area (TPSA) is 107 Å². The zero-order chi connectivity index (χ0) is 19.0. The summed E-state index contributed by atoms with van der Waals surface area (Å²) in [4.78, 5) is 48.1. The van der Waals surface area contributed by atoms with Crippen molar-refractivity contribution in [3.63, 3.8) is 0 Å². The largest absolute Gasteiger partial charge is 0.423 e. The number of esters is 1. The first-order valence-electron chi connectivity index (χ1n) is 7.45.